The summed E-state index contributed by atoms with van der Waals surface area (Å²) >= 11 is 0. The predicted molar refractivity (Wildman–Crippen MR) is 119 cm³/mol. The van der Waals surface area contributed by atoms with E-state index in [1.165, 1.54) is 17.7 Å². The fourth-order valence-corrected chi connectivity index (χ4v) is 3.05. The summed E-state index contributed by atoms with van der Waals surface area (Å²) in [4.78, 5) is -0.0666. The zero-order valence-corrected chi connectivity index (χ0v) is 17.6. The molecule has 0 aliphatic rings. The standard InChI is InChI=1S/C16H18N2O.C7H8O3S/c17-16(18)14-9-4-10-15(12-14)19-11-5-8-13-6-2-1-3-7-13;1-6-2-4-7(5-3-6)11(8,9)10/h1-4,6-7,9-10,12H,5,8,11H2,(H3,17,18);2-5H,1H3,(H,8,9,10). The van der Waals surface area contributed by atoms with Gasteiger partial charge in [-0.05, 0) is 49.6 Å². The normalized spacial score (nSPS) is 10.6. The van der Waals surface area contributed by atoms with Crippen LogP contribution in [0.2, 0.25) is 0 Å². The van der Waals surface area contributed by atoms with Gasteiger partial charge in [-0.1, -0.05) is 60.2 Å². The van der Waals surface area contributed by atoms with Crippen molar-refractivity contribution in [2.24, 2.45) is 5.73 Å². The SMILES string of the molecule is Cc1ccc(S(=O)(=O)O)cc1.N=C(N)c1cccc(OCCCc2ccccc2)c1. The third-order valence-corrected chi connectivity index (χ3v) is 5.05. The molecule has 0 amide bonds. The van der Waals surface area contributed by atoms with E-state index in [0.717, 1.165) is 24.2 Å². The molecule has 0 aliphatic heterocycles. The Morgan fingerprint density at radius 3 is 2.27 bits per heavy atom. The van der Waals surface area contributed by atoms with E-state index in [-0.39, 0.29) is 10.7 Å². The van der Waals surface area contributed by atoms with Crippen LogP contribution in [0.15, 0.2) is 83.8 Å². The van der Waals surface area contributed by atoms with Gasteiger partial charge >= 0.3 is 0 Å². The molecule has 0 bridgehead atoms. The van der Waals surface area contributed by atoms with Crippen molar-refractivity contribution in [3.05, 3.63) is 95.6 Å². The maximum atomic E-state index is 10.5. The Hall–Kier alpha value is -3.16. The highest BCUT2D eigenvalue weighted by Gasteiger charge is 2.06. The highest BCUT2D eigenvalue weighted by molar-refractivity contribution is 7.85. The van der Waals surface area contributed by atoms with Crippen molar-refractivity contribution in [2.75, 3.05) is 6.61 Å². The summed E-state index contributed by atoms with van der Waals surface area (Å²) in [5.74, 6) is 0.829. The average Bonchev–Trinajstić information content (AvgIpc) is 2.72. The fraction of sp³-hybridized carbons (Fsp3) is 0.174. The third kappa shape index (κ3) is 8.06. The Kier molecular flexibility index (Phi) is 8.58. The molecule has 0 atom stereocenters. The monoisotopic (exact) mass is 426 g/mol. The molecule has 158 valence electrons. The molecule has 7 heteroatoms. The summed E-state index contributed by atoms with van der Waals surface area (Å²) in [6, 6.07) is 23.7. The summed E-state index contributed by atoms with van der Waals surface area (Å²) < 4.78 is 35.2. The van der Waals surface area contributed by atoms with Crippen molar-refractivity contribution < 1.29 is 17.7 Å². The molecular weight excluding hydrogens is 400 g/mol. The Balaban J connectivity index is 0.000000248. The van der Waals surface area contributed by atoms with Crippen molar-refractivity contribution >= 4 is 16.0 Å². The number of nitrogen functional groups attached to an aromatic ring is 1. The maximum Gasteiger partial charge on any atom is 0.294 e. The number of rotatable bonds is 7. The van der Waals surface area contributed by atoms with Gasteiger partial charge in [0.1, 0.15) is 11.6 Å². The number of amidine groups is 1. The number of nitrogens with two attached hydrogens (primary N) is 1. The summed E-state index contributed by atoms with van der Waals surface area (Å²) in [5, 5.41) is 7.38. The van der Waals surface area contributed by atoms with Gasteiger partial charge in [-0.2, -0.15) is 8.42 Å². The molecule has 0 unspecified atom stereocenters. The Labute approximate surface area is 177 Å². The van der Waals surface area contributed by atoms with E-state index in [2.05, 4.69) is 12.1 Å². The second-order valence-corrected chi connectivity index (χ2v) is 8.09. The van der Waals surface area contributed by atoms with E-state index in [1.54, 1.807) is 24.3 Å². The molecular formula is C23H26N2O4S. The van der Waals surface area contributed by atoms with Gasteiger partial charge in [0.25, 0.3) is 10.1 Å². The van der Waals surface area contributed by atoms with E-state index in [9.17, 15) is 8.42 Å². The number of aryl methyl sites for hydroxylation is 2. The summed E-state index contributed by atoms with van der Waals surface area (Å²) in [6.45, 7) is 2.50. The Bertz CT molecular complexity index is 1050. The first-order chi connectivity index (χ1) is 14.3. The summed E-state index contributed by atoms with van der Waals surface area (Å²) in [6.07, 6.45) is 1.97. The Morgan fingerprint density at radius 2 is 1.67 bits per heavy atom. The molecule has 0 heterocycles. The van der Waals surface area contributed by atoms with Crippen molar-refractivity contribution in [2.45, 2.75) is 24.7 Å². The average molecular weight is 427 g/mol. The van der Waals surface area contributed by atoms with Crippen LogP contribution in [-0.4, -0.2) is 25.4 Å². The summed E-state index contributed by atoms with van der Waals surface area (Å²) in [7, 11) is -4.02. The lowest BCUT2D eigenvalue weighted by atomic mass is 10.1. The molecule has 30 heavy (non-hydrogen) atoms. The topological polar surface area (TPSA) is 113 Å². The molecule has 6 nitrogen and oxygen atoms in total. The van der Waals surface area contributed by atoms with Crippen LogP contribution in [0.1, 0.15) is 23.1 Å². The van der Waals surface area contributed by atoms with Crippen LogP contribution in [0.5, 0.6) is 5.75 Å². The smallest absolute Gasteiger partial charge is 0.294 e. The lowest BCUT2D eigenvalue weighted by Crippen LogP contribution is -2.11. The van der Waals surface area contributed by atoms with Gasteiger partial charge < -0.3 is 10.5 Å². The van der Waals surface area contributed by atoms with Crippen LogP contribution < -0.4 is 10.5 Å². The zero-order chi connectivity index (χ0) is 22.0. The van der Waals surface area contributed by atoms with Crippen LogP contribution in [0.3, 0.4) is 0 Å². The molecule has 0 aromatic heterocycles. The van der Waals surface area contributed by atoms with Gasteiger partial charge in [0.15, 0.2) is 0 Å². The van der Waals surface area contributed by atoms with E-state index in [4.69, 9.17) is 20.4 Å². The van der Waals surface area contributed by atoms with Crippen LogP contribution >= 0.6 is 0 Å². The number of benzene rings is 3. The Morgan fingerprint density at radius 1 is 1.00 bits per heavy atom. The minimum atomic E-state index is -4.02. The maximum absolute atomic E-state index is 10.5. The van der Waals surface area contributed by atoms with Gasteiger partial charge in [0.05, 0.1) is 11.5 Å². The largest absolute Gasteiger partial charge is 0.494 e. The first-order valence-corrected chi connectivity index (χ1v) is 10.8. The van der Waals surface area contributed by atoms with E-state index in [0.29, 0.717) is 12.2 Å². The quantitative estimate of drug-likeness (QED) is 0.226. The van der Waals surface area contributed by atoms with E-state index in [1.807, 2.05) is 37.3 Å². The molecule has 0 saturated carbocycles. The summed E-state index contributed by atoms with van der Waals surface area (Å²) in [5.41, 5.74) is 8.41. The lowest BCUT2D eigenvalue weighted by Gasteiger charge is -2.07. The fourth-order valence-electron chi connectivity index (χ4n) is 2.57. The van der Waals surface area contributed by atoms with E-state index < -0.39 is 10.1 Å². The van der Waals surface area contributed by atoms with Gasteiger partial charge in [-0.3, -0.25) is 9.96 Å². The molecule has 0 fully saturated rings. The number of ether oxygens (including phenoxy) is 1. The minimum Gasteiger partial charge on any atom is -0.494 e. The van der Waals surface area contributed by atoms with Crippen LogP contribution in [-0.2, 0) is 16.5 Å². The highest BCUT2D eigenvalue weighted by atomic mass is 32.2. The first kappa shape index (κ1) is 23.1. The second kappa shape index (κ2) is 11.1. The van der Waals surface area contributed by atoms with Gasteiger partial charge in [-0.25, -0.2) is 0 Å². The van der Waals surface area contributed by atoms with Crippen LogP contribution in [0.25, 0.3) is 0 Å². The van der Waals surface area contributed by atoms with Crippen LogP contribution in [0.4, 0.5) is 0 Å². The van der Waals surface area contributed by atoms with E-state index >= 15 is 0 Å². The molecule has 0 saturated heterocycles. The van der Waals surface area contributed by atoms with Crippen molar-refractivity contribution in [1.82, 2.24) is 0 Å². The van der Waals surface area contributed by atoms with Gasteiger partial charge in [0, 0.05) is 5.56 Å². The van der Waals surface area contributed by atoms with Gasteiger partial charge in [0.2, 0.25) is 0 Å². The molecule has 4 N–H and O–H groups in total. The van der Waals surface area contributed by atoms with Crippen molar-refractivity contribution in [1.29, 1.82) is 5.41 Å². The molecule has 0 spiro atoms. The predicted octanol–water partition coefficient (Wildman–Crippen LogP) is 4.22. The van der Waals surface area contributed by atoms with Gasteiger partial charge in [-0.15, -0.1) is 0 Å². The molecule has 0 aliphatic carbocycles. The molecule has 3 aromatic rings. The lowest BCUT2D eigenvalue weighted by molar-refractivity contribution is 0.311. The minimum absolute atomic E-state index is 0.0646. The molecule has 3 rings (SSSR count). The molecule has 0 radical (unpaired) electrons. The number of hydrogen-bond acceptors (Lipinski definition) is 4. The zero-order valence-electron chi connectivity index (χ0n) is 16.8. The number of nitrogens with one attached hydrogen (secondary N) is 1. The third-order valence-electron chi connectivity index (χ3n) is 4.19. The second-order valence-electron chi connectivity index (χ2n) is 6.67. The van der Waals surface area contributed by atoms with Crippen LogP contribution in [0, 0.1) is 12.3 Å². The first-order valence-electron chi connectivity index (χ1n) is 9.41. The molecule has 3 aromatic carbocycles. The van der Waals surface area contributed by atoms with Crippen molar-refractivity contribution in [3.63, 3.8) is 0 Å². The number of hydrogen-bond donors (Lipinski definition) is 3. The highest BCUT2D eigenvalue weighted by Crippen LogP contribution is 2.13. The van der Waals surface area contributed by atoms with Crippen molar-refractivity contribution in [3.8, 4) is 5.75 Å².